The van der Waals surface area contributed by atoms with Crippen molar-refractivity contribution in [3.8, 4) is 0 Å². The van der Waals surface area contributed by atoms with E-state index in [1.807, 2.05) is 26.0 Å². The fraction of sp³-hybridized carbons (Fsp3) is 0.524. The Bertz CT molecular complexity index is 881. The number of amides is 2. The summed E-state index contributed by atoms with van der Waals surface area (Å²) in [7, 11) is 0. The molecule has 1 aliphatic heterocycles. The van der Waals surface area contributed by atoms with Gasteiger partial charge in [-0.2, -0.15) is 0 Å². The predicted molar refractivity (Wildman–Crippen MR) is 110 cm³/mol. The van der Waals surface area contributed by atoms with E-state index in [-0.39, 0.29) is 24.5 Å². The molecule has 1 saturated heterocycles. The van der Waals surface area contributed by atoms with Crippen molar-refractivity contribution in [2.75, 3.05) is 26.2 Å². The van der Waals surface area contributed by atoms with Crippen molar-refractivity contribution in [3.63, 3.8) is 0 Å². The van der Waals surface area contributed by atoms with Crippen LogP contribution < -0.4 is 0 Å². The third-order valence-electron chi connectivity index (χ3n) is 5.27. The molecule has 1 aliphatic carbocycles. The Kier molecular flexibility index (Phi) is 5.91. The van der Waals surface area contributed by atoms with E-state index in [4.69, 9.17) is 4.74 Å². The van der Waals surface area contributed by atoms with Crippen LogP contribution in [0.25, 0.3) is 0 Å². The largest absolute Gasteiger partial charge is 0.374 e. The van der Waals surface area contributed by atoms with Crippen LogP contribution >= 0.6 is 11.3 Å². The Morgan fingerprint density at radius 2 is 2.14 bits per heavy atom. The molecule has 2 aromatic heterocycles. The van der Waals surface area contributed by atoms with Crippen LogP contribution in [-0.2, 0) is 16.1 Å². The topological polar surface area (TPSA) is 75.6 Å². The Balaban J connectivity index is 1.52. The molecular weight excluding hydrogens is 388 g/mol. The van der Waals surface area contributed by atoms with E-state index < -0.39 is 0 Å². The average Bonchev–Trinajstić information content (AvgIpc) is 3.48. The highest BCUT2D eigenvalue weighted by atomic mass is 32.1. The molecule has 0 unspecified atom stereocenters. The third-order valence-corrected chi connectivity index (χ3v) is 6.33. The van der Waals surface area contributed by atoms with Gasteiger partial charge in [-0.1, -0.05) is 6.07 Å². The summed E-state index contributed by atoms with van der Waals surface area (Å²) in [6.07, 6.45) is 5.69. The van der Waals surface area contributed by atoms with Crippen LogP contribution in [0.2, 0.25) is 0 Å². The molecule has 3 heterocycles. The molecule has 1 atom stereocenters. The number of thiazole rings is 1. The van der Waals surface area contributed by atoms with E-state index in [0.29, 0.717) is 37.0 Å². The first-order valence-corrected chi connectivity index (χ1v) is 10.8. The zero-order valence-electron chi connectivity index (χ0n) is 16.8. The van der Waals surface area contributed by atoms with Crippen LogP contribution in [0.3, 0.4) is 0 Å². The second-order valence-electron chi connectivity index (χ2n) is 7.87. The van der Waals surface area contributed by atoms with Gasteiger partial charge in [0.1, 0.15) is 11.4 Å². The molecule has 29 heavy (non-hydrogen) atoms. The van der Waals surface area contributed by atoms with Crippen LogP contribution in [0.4, 0.5) is 0 Å². The summed E-state index contributed by atoms with van der Waals surface area (Å²) in [4.78, 5) is 38.7. The Morgan fingerprint density at radius 3 is 2.79 bits per heavy atom. The lowest BCUT2D eigenvalue weighted by molar-refractivity contribution is -0.132. The quantitative estimate of drug-likeness (QED) is 0.726. The average molecular weight is 415 g/mol. The molecular formula is C21H26N4O3S. The number of nitrogens with zero attached hydrogens (tertiary/aromatic N) is 4. The van der Waals surface area contributed by atoms with Gasteiger partial charge in [0, 0.05) is 38.6 Å². The molecule has 0 bridgehead atoms. The number of pyridine rings is 1. The third kappa shape index (κ3) is 5.00. The highest BCUT2D eigenvalue weighted by molar-refractivity contribution is 7.13. The van der Waals surface area contributed by atoms with Crippen LogP contribution in [0.5, 0.6) is 0 Å². The molecule has 2 aromatic rings. The summed E-state index contributed by atoms with van der Waals surface area (Å²) in [5.74, 6) is 0.416. The zero-order chi connectivity index (χ0) is 20.4. The molecule has 0 spiro atoms. The molecule has 0 aromatic carbocycles. The van der Waals surface area contributed by atoms with Crippen molar-refractivity contribution in [3.05, 3.63) is 45.7 Å². The van der Waals surface area contributed by atoms with Crippen LogP contribution in [0, 0.1) is 19.8 Å². The molecule has 154 valence electrons. The highest BCUT2D eigenvalue weighted by Gasteiger charge is 2.33. The SMILES string of the molecule is Cc1nc(C)c(C(=O)N2CC(=O)N(Cc3cccnc3)C[C@H](OCC3CC3)C2)s1. The zero-order valence-corrected chi connectivity index (χ0v) is 17.7. The fourth-order valence-electron chi connectivity index (χ4n) is 3.53. The van der Waals surface area contributed by atoms with Crippen molar-refractivity contribution in [2.24, 2.45) is 5.92 Å². The summed E-state index contributed by atoms with van der Waals surface area (Å²) in [6, 6.07) is 3.82. The molecule has 2 fully saturated rings. The van der Waals surface area contributed by atoms with Crippen molar-refractivity contribution in [1.29, 1.82) is 0 Å². The summed E-state index contributed by atoms with van der Waals surface area (Å²) in [6.45, 7) is 5.84. The maximum Gasteiger partial charge on any atom is 0.266 e. The van der Waals surface area contributed by atoms with Gasteiger partial charge in [-0.25, -0.2) is 4.98 Å². The second kappa shape index (κ2) is 8.59. The van der Waals surface area contributed by atoms with Crippen LogP contribution in [0.15, 0.2) is 24.5 Å². The van der Waals surface area contributed by atoms with E-state index in [1.165, 1.54) is 24.2 Å². The molecule has 2 amide bonds. The van der Waals surface area contributed by atoms with E-state index in [1.54, 1.807) is 22.2 Å². The van der Waals surface area contributed by atoms with Gasteiger partial charge in [0.05, 0.1) is 16.8 Å². The summed E-state index contributed by atoms with van der Waals surface area (Å²) >= 11 is 1.38. The Labute approximate surface area is 174 Å². The molecule has 0 N–H and O–H groups in total. The fourth-order valence-corrected chi connectivity index (χ4v) is 4.42. The minimum Gasteiger partial charge on any atom is -0.374 e. The lowest BCUT2D eigenvalue weighted by atomic mass is 10.2. The van der Waals surface area contributed by atoms with Gasteiger partial charge in [-0.05, 0) is 44.2 Å². The molecule has 4 rings (SSSR count). The molecule has 1 saturated carbocycles. The Morgan fingerprint density at radius 1 is 1.31 bits per heavy atom. The first-order valence-electron chi connectivity index (χ1n) is 10.0. The minimum atomic E-state index is -0.197. The molecule has 7 nitrogen and oxygen atoms in total. The normalized spacial score (nSPS) is 20.1. The number of aryl methyl sites for hydroxylation is 2. The lowest BCUT2D eigenvalue weighted by Gasteiger charge is -2.24. The van der Waals surface area contributed by atoms with Crippen LogP contribution in [-0.4, -0.2) is 63.9 Å². The van der Waals surface area contributed by atoms with Crippen LogP contribution in [0.1, 0.15) is 38.8 Å². The minimum absolute atomic E-state index is 0.0543. The van der Waals surface area contributed by atoms with E-state index in [9.17, 15) is 9.59 Å². The monoisotopic (exact) mass is 414 g/mol. The Hall–Kier alpha value is -2.32. The number of carbonyl (C=O) groups is 2. The number of carbonyl (C=O) groups excluding carboxylic acids is 2. The van der Waals surface area contributed by atoms with Crippen molar-refractivity contribution < 1.29 is 14.3 Å². The lowest BCUT2D eigenvalue weighted by Crippen LogP contribution is -2.39. The standard InChI is InChI=1S/C21H26N4O3S/c1-14-20(29-15(2)23-14)21(27)25-11-18(28-13-16-5-6-16)10-24(19(26)12-25)9-17-4-3-7-22-8-17/h3-4,7-8,16,18H,5-6,9-13H2,1-2H3/t18-/m0/s1. The van der Waals surface area contributed by atoms with Gasteiger partial charge >= 0.3 is 0 Å². The molecule has 0 radical (unpaired) electrons. The number of aromatic nitrogens is 2. The van der Waals surface area contributed by atoms with E-state index >= 15 is 0 Å². The van der Waals surface area contributed by atoms with Crippen molar-refractivity contribution >= 4 is 23.2 Å². The van der Waals surface area contributed by atoms with Gasteiger partial charge in [-0.15, -0.1) is 11.3 Å². The predicted octanol–water partition coefficient (Wildman–Crippen LogP) is 2.43. The second-order valence-corrected chi connectivity index (χ2v) is 9.07. The number of rotatable bonds is 6. The van der Waals surface area contributed by atoms with Gasteiger partial charge in [-0.3, -0.25) is 14.6 Å². The molecule has 8 heteroatoms. The van der Waals surface area contributed by atoms with Gasteiger partial charge in [0.2, 0.25) is 5.91 Å². The maximum atomic E-state index is 13.2. The number of hydrogen-bond donors (Lipinski definition) is 0. The smallest absolute Gasteiger partial charge is 0.266 e. The van der Waals surface area contributed by atoms with Gasteiger partial charge in [0.25, 0.3) is 5.91 Å². The molecule has 2 aliphatic rings. The summed E-state index contributed by atoms with van der Waals surface area (Å²) < 4.78 is 6.14. The first kappa shape index (κ1) is 20.0. The summed E-state index contributed by atoms with van der Waals surface area (Å²) in [5, 5.41) is 0.853. The van der Waals surface area contributed by atoms with E-state index in [0.717, 1.165) is 16.3 Å². The van der Waals surface area contributed by atoms with Crippen molar-refractivity contribution in [2.45, 2.75) is 39.3 Å². The highest BCUT2D eigenvalue weighted by Crippen LogP contribution is 2.29. The van der Waals surface area contributed by atoms with Crippen molar-refractivity contribution in [1.82, 2.24) is 19.8 Å². The maximum absolute atomic E-state index is 13.2. The first-order chi connectivity index (χ1) is 14.0. The van der Waals surface area contributed by atoms with E-state index in [2.05, 4.69) is 9.97 Å². The summed E-state index contributed by atoms with van der Waals surface area (Å²) in [5.41, 5.74) is 1.69. The number of ether oxygens (including phenoxy) is 1. The van der Waals surface area contributed by atoms with Gasteiger partial charge in [0.15, 0.2) is 0 Å². The van der Waals surface area contributed by atoms with Gasteiger partial charge < -0.3 is 14.5 Å². The number of hydrogen-bond acceptors (Lipinski definition) is 6.